The van der Waals surface area contributed by atoms with Crippen molar-refractivity contribution in [3.05, 3.63) is 34.3 Å². The van der Waals surface area contributed by atoms with Crippen molar-refractivity contribution in [3.63, 3.8) is 0 Å². The smallest absolute Gasteiger partial charge is 0.0453 e. The maximum Gasteiger partial charge on any atom is 0.0453 e. The van der Waals surface area contributed by atoms with Gasteiger partial charge in [-0.2, -0.15) is 0 Å². The summed E-state index contributed by atoms with van der Waals surface area (Å²) < 4.78 is 0. The van der Waals surface area contributed by atoms with Gasteiger partial charge in [0.15, 0.2) is 0 Å². The van der Waals surface area contributed by atoms with Crippen molar-refractivity contribution < 1.29 is 0 Å². The van der Waals surface area contributed by atoms with Crippen molar-refractivity contribution in [2.24, 2.45) is 0 Å². The van der Waals surface area contributed by atoms with E-state index >= 15 is 0 Å². The molecule has 1 aromatic carbocycles. The summed E-state index contributed by atoms with van der Waals surface area (Å²) >= 11 is 9.54. The van der Waals surface area contributed by atoms with Gasteiger partial charge in [0.2, 0.25) is 0 Å². The summed E-state index contributed by atoms with van der Waals surface area (Å²) in [6.07, 6.45) is 2.42. The van der Waals surface area contributed by atoms with Crippen LogP contribution in [0.4, 0.5) is 0 Å². The zero-order chi connectivity index (χ0) is 11.1. The Bertz CT molecular complexity index is 302. The van der Waals surface area contributed by atoms with Crippen LogP contribution in [0.5, 0.6) is 0 Å². The Morgan fingerprint density at radius 1 is 1.33 bits per heavy atom. The molecule has 3 heteroatoms. The first-order valence-electron chi connectivity index (χ1n) is 5.25. The first-order valence-corrected chi connectivity index (χ1v) is 6.75. The number of hydrogen-bond donors (Lipinski definition) is 1. The number of rotatable bonds is 6. The lowest BCUT2D eigenvalue weighted by Gasteiger charge is -2.06. The Kier molecular flexibility index (Phi) is 6.30. The first kappa shape index (κ1) is 13.0. The van der Waals surface area contributed by atoms with Crippen molar-refractivity contribution in [3.8, 4) is 0 Å². The number of benzene rings is 1. The lowest BCUT2D eigenvalue weighted by molar-refractivity contribution is 0.645. The predicted octanol–water partition coefficient (Wildman–Crippen LogP) is 3.91. The summed E-state index contributed by atoms with van der Waals surface area (Å²) in [5.74, 6) is 0. The van der Waals surface area contributed by atoms with Crippen molar-refractivity contribution in [2.45, 2.75) is 26.3 Å². The number of aryl methyl sites for hydroxylation is 1. The van der Waals surface area contributed by atoms with Crippen molar-refractivity contribution >= 4 is 27.5 Å². The van der Waals surface area contributed by atoms with Gasteiger partial charge in [0.25, 0.3) is 0 Å². The summed E-state index contributed by atoms with van der Waals surface area (Å²) in [5.41, 5.74) is 2.39. The highest BCUT2D eigenvalue weighted by Crippen LogP contribution is 2.17. The van der Waals surface area contributed by atoms with Crippen LogP contribution in [0.15, 0.2) is 18.2 Å². The summed E-state index contributed by atoms with van der Waals surface area (Å²) in [6.45, 7) is 3.97. The van der Waals surface area contributed by atoms with E-state index in [-0.39, 0.29) is 0 Å². The molecule has 0 amide bonds. The van der Waals surface area contributed by atoms with Crippen LogP contribution >= 0.6 is 27.5 Å². The average Bonchev–Trinajstić information content (AvgIpc) is 2.20. The largest absolute Gasteiger partial charge is 0.313 e. The third-order valence-corrected chi connectivity index (χ3v) is 3.17. The van der Waals surface area contributed by atoms with Crippen LogP contribution in [0.3, 0.4) is 0 Å². The molecule has 0 aromatic heterocycles. The summed E-state index contributed by atoms with van der Waals surface area (Å²) in [4.78, 5) is 0. The van der Waals surface area contributed by atoms with Gasteiger partial charge >= 0.3 is 0 Å². The highest BCUT2D eigenvalue weighted by molar-refractivity contribution is 9.09. The molecule has 0 aliphatic carbocycles. The van der Waals surface area contributed by atoms with E-state index in [2.05, 4.69) is 40.3 Å². The van der Waals surface area contributed by atoms with Crippen LogP contribution < -0.4 is 5.32 Å². The fourth-order valence-corrected chi connectivity index (χ4v) is 2.06. The molecule has 0 saturated heterocycles. The van der Waals surface area contributed by atoms with Crippen LogP contribution in [0.25, 0.3) is 0 Å². The van der Waals surface area contributed by atoms with E-state index in [9.17, 15) is 0 Å². The molecule has 0 aliphatic heterocycles. The molecule has 0 atom stereocenters. The Morgan fingerprint density at radius 2 is 2.13 bits per heavy atom. The third kappa shape index (κ3) is 5.01. The predicted molar refractivity (Wildman–Crippen MR) is 70.9 cm³/mol. The summed E-state index contributed by atoms with van der Waals surface area (Å²) in [6, 6.07) is 6.20. The normalized spacial score (nSPS) is 10.6. The lowest BCUT2D eigenvalue weighted by atomic mass is 10.1. The molecule has 1 rings (SSSR count). The van der Waals surface area contributed by atoms with Gasteiger partial charge in [-0.1, -0.05) is 39.7 Å². The topological polar surface area (TPSA) is 12.0 Å². The van der Waals surface area contributed by atoms with Crippen LogP contribution in [0.1, 0.15) is 24.0 Å². The number of hydrogen-bond acceptors (Lipinski definition) is 1. The molecular formula is C12H17BrClN. The fourth-order valence-electron chi connectivity index (χ4n) is 1.36. The maximum atomic E-state index is 6.12. The zero-order valence-electron chi connectivity index (χ0n) is 9.02. The molecule has 1 aromatic rings. The highest BCUT2D eigenvalue weighted by atomic mass is 79.9. The van der Waals surface area contributed by atoms with Gasteiger partial charge in [0.1, 0.15) is 0 Å². The van der Waals surface area contributed by atoms with Crippen LogP contribution in [0.2, 0.25) is 5.02 Å². The van der Waals surface area contributed by atoms with Crippen molar-refractivity contribution in [2.75, 3.05) is 11.9 Å². The Morgan fingerprint density at radius 3 is 2.80 bits per heavy atom. The monoisotopic (exact) mass is 289 g/mol. The molecular weight excluding hydrogens is 273 g/mol. The van der Waals surface area contributed by atoms with E-state index in [0.29, 0.717) is 0 Å². The highest BCUT2D eigenvalue weighted by Gasteiger charge is 1.99. The lowest BCUT2D eigenvalue weighted by Crippen LogP contribution is -2.15. The molecule has 0 aliphatic rings. The molecule has 0 fully saturated rings. The molecule has 0 radical (unpaired) electrons. The average molecular weight is 291 g/mol. The minimum absolute atomic E-state index is 0.862. The van der Waals surface area contributed by atoms with E-state index in [4.69, 9.17) is 11.6 Å². The Hall–Kier alpha value is -0.0500. The second-order valence-corrected chi connectivity index (χ2v) is 4.87. The fraction of sp³-hybridized carbons (Fsp3) is 0.500. The molecule has 15 heavy (non-hydrogen) atoms. The molecule has 1 nitrogen and oxygen atoms in total. The second kappa shape index (κ2) is 7.26. The molecule has 0 spiro atoms. The van der Waals surface area contributed by atoms with Gasteiger partial charge in [-0.3, -0.25) is 0 Å². The first-order chi connectivity index (χ1) is 7.24. The van der Waals surface area contributed by atoms with Gasteiger partial charge in [-0.05, 0) is 43.5 Å². The SMILES string of the molecule is Cc1ccc(CNCCCCBr)c(Cl)c1. The quantitative estimate of drug-likeness (QED) is 0.619. The van der Waals surface area contributed by atoms with Crippen molar-refractivity contribution in [1.82, 2.24) is 5.32 Å². The zero-order valence-corrected chi connectivity index (χ0v) is 11.4. The molecule has 0 bridgehead atoms. The van der Waals surface area contributed by atoms with Gasteiger partial charge in [0.05, 0.1) is 0 Å². The van der Waals surface area contributed by atoms with E-state index < -0.39 is 0 Å². The van der Waals surface area contributed by atoms with Gasteiger partial charge in [-0.25, -0.2) is 0 Å². The van der Waals surface area contributed by atoms with Crippen LogP contribution in [0, 0.1) is 6.92 Å². The molecule has 1 N–H and O–H groups in total. The number of alkyl halides is 1. The number of halogens is 2. The standard InChI is InChI=1S/C12H17BrClN/c1-10-4-5-11(12(14)8-10)9-15-7-3-2-6-13/h4-5,8,15H,2-3,6-7,9H2,1H3. The minimum Gasteiger partial charge on any atom is -0.313 e. The molecule has 0 saturated carbocycles. The molecule has 0 heterocycles. The minimum atomic E-state index is 0.862. The van der Waals surface area contributed by atoms with E-state index in [1.54, 1.807) is 0 Å². The number of unbranched alkanes of at least 4 members (excludes halogenated alkanes) is 1. The Labute approximate surface area is 105 Å². The van der Waals surface area contributed by atoms with E-state index in [1.165, 1.54) is 24.0 Å². The van der Waals surface area contributed by atoms with Crippen molar-refractivity contribution in [1.29, 1.82) is 0 Å². The van der Waals surface area contributed by atoms with E-state index in [1.807, 2.05) is 6.07 Å². The number of nitrogens with one attached hydrogen (secondary N) is 1. The Balaban J connectivity index is 2.31. The summed E-state index contributed by atoms with van der Waals surface area (Å²) in [7, 11) is 0. The molecule has 0 unspecified atom stereocenters. The van der Waals surface area contributed by atoms with Gasteiger partial charge in [0, 0.05) is 16.9 Å². The van der Waals surface area contributed by atoms with Crippen LogP contribution in [-0.4, -0.2) is 11.9 Å². The third-order valence-electron chi connectivity index (χ3n) is 2.26. The molecule has 84 valence electrons. The van der Waals surface area contributed by atoms with Gasteiger partial charge < -0.3 is 5.32 Å². The van der Waals surface area contributed by atoms with E-state index in [0.717, 1.165) is 23.4 Å². The maximum absolute atomic E-state index is 6.12. The van der Waals surface area contributed by atoms with Crippen LogP contribution in [-0.2, 0) is 6.54 Å². The summed E-state index contributed by atoms with van der Waals surface area (Å²) in [5, 5.41) is 5.34. The second-order valence-electron chi connectivity index (χ2n) is 3.67. The van der Waals surface area contributed by atoms with Gasteiger partial charge in [-0.15, -0.1) is 0 Å².